The molecule has 1 saturated heterocycles. The van der Waals surface area contributed by atoms with Crippen LogP contribution in [0.25, 0.3) is 0 Å². The molecule has 23 heavy (non-hydrogen) atoms. The molecule has 1 aromatic carbocycles. The van der Waals surface area contributed by atoms with E-state index in [4.69, 9.17) is 9.47 Å². The van der Waals surface area contributed by atoms with Crippen molar-refractivity contribution in [1.82, 2.24) is 4.90 Å². The summed E-state index contributed by atoms with van der Waals surface area (Å²) in [5.41, 5.74) is 2.57. The Bertz CT molecular complexity index is 691. The molecule has 1 spiro atoms. The zero-order valence-electron chi connectivity index (χ0n) is 13.1. The van der Waals surface area contributed by atoms with Crippen LogP contribution in [0, 0.1) is 5.92 Å². The number of carbonyl (C=O) groups is 1. The second-order valence-electron chi connectivity index (χ2n) is 7.28. The monoisotopic (exact) mass is 323 g/mol. The van der Waals surface area contributed by atoms with Crippen molar-refractivity contribution in [2.45, 2.75) is 43.2 Å². The van der Waals surface area contributed by atoms with Gasteiger partial charge in [0.05, 0.1) is 7.11 Å². The fraction of sp³-hybridized carbons (Fsp3) is 0.611. The number of piperidine rings is 1. The van der Waals surface area contributed by atoms with Crippen LogP contribution in [0.1, 0.15) is 30.4 Å². The van der Waals surface area contributed by atoms with E-state index in [0.29, 0.717) is 18.4 Å². The molecule has 1 saturated carbocycles. The summed E-state index contributed by atoms with van der Waals surface area (Å²) in [6.07, 6.45) is 3.47. The van der Waals surface area contributed by atoms with E-state index in [0.717, 1.165) is 37.3 Å². The zero-order chi connectivity index (χ0) is 15.1. The van der Waals surface area contributed by atoms with Gasteiger partial charge in [-0.2, -0.15) is 0 Å². The Morgan fingerprint density at radius 2 is 2.22 bits per heavy atom. The molecule has 1 aromatic rings. The standard InChI is InChI=1S/C18H21NO3.Na.H/c1-19-8-7-18-11-4-5-13(20)17(18)22-16-14(21-2)6-3-10(15(16)18)9-12(11)19;;/h3,6,11-12,17H,4-5,7-9H2,1-2H3;;/t11-,12+,17-,18-;;/m0../s1. The number of methoxy groups -OCH3 is 1. The van der Waals surface area contributed by atoms with E-state index >= 15 is 0 Å². The van der Waals surface area contributed by atoms with Crippen LogP contribution < -0.4 is 9.47 Å². The van der Waals surface area contributed by atoms with E-state index < -0.39 is 0 Å². The normalized spacial score (nSPS) is 36.8. The number of ketones is 1. The van der Waals surface area contributed by atoms with Crippen LogP contribution in [0.3, 0.4) is 0 Å². The Labute approximate surface area is 158 Å². The molecule has 118 valence electrons. The van der Waals surface area contributed by atoms with Crippen LogP contribution >= 0.6 is 0 Å². The van der Waals surface area contributed by atoms with Crippen LogP contribution in [0.5, 0.6) is 11.5 Å². The average molecular weight is 323 g/mol. The van der Waals surface area contributed by atoms with E-state index in [1.807, 2.05) is 6.07 Å². The molecule has 2 fully saturated rings. The van der Waals surface area contributed by atoms with Crippen LogP contribution in [-0.2, 0) is 16.6 Å². The van der Waals surface area contributed by atoms with Gasteiger partial charge in [-0.1, -0.05) is 6.07 Å². The quantitative estimate of drug-likeness (QED) is 0.730. The number of ether oxygens (including phenoxy) is 2. The van der Waals surface area contributed by atoms with Crippen molar-refractivity contribution in [3.8, 4) is 11.5 Å². The summed E-state index contributed by atoms with van der Waals surface area (Å²) in [4.78, 5) is 15.1. The molecule has 2 heterocycles. The molecule has 5 heteroatoms. The molecule has 5 rings (SSSR count). The van der Waals surface area contributed by atoms with Gasteiger partial charge in [-0.15, -0.1) is 0 Å². The Hall–Kier alpha value is -0.550. The summed E-state index contributed by atoms with van der Waals surface area (Å²) < 4.78 is 11.8. The number of likely N-dealkylation sites (tertiary alicyclic amines) is 1. The number of hydrogen-bond acceptors (Lipinski definition) is 4. The second kappa shape index (κ2) is 5.22. The van der Waals surface area contributed by atoms with Gasteiger partial charge in [0.25, 0.3) is 0 Å². The number of Topliss-reactive ketones (excluding diaryl/α,β-unsaturated/α-hetero) is 1. The fourth-order valence-electron chi connectivity index (χ4n) is 5.67. The molecule has 0 N–H and O–H groups in total. The third-order valence-corrected chi connectivity index (χ3v) is 6.59. The van der Waals surface area contributed by atoms with Gasteiger partial charge < -0.3 is 14.4 Å². The molecule has 2 aliphatic carbocycles. The van der Waals surface area contributed by atoms with Crippen molar-refractivity contribution < 1.29 is 14.3 Å². The van der Waals surface area contributed by atoms with Crippen molar-refractivity contribution in [3.05, 3.63) is 23.3 Å². The third-order valence-electron chi connectivity index (χ3n) is 6.59. The summed E-state index contributed by atoms with van der Waals surface area (Å²) in [5, 5.41) is 0. The van der Waals surface area contributed by atoms with Gasteiger partial charge in [-0.25, -0.2) is 0 Å². The number of likely N-dealkylation sites (N-methyl/N-ethyl adjacent to an activating group) is 1. The van der Waals surface area contributed by atoms with Gasteiger partial charge >= 0.3 is 29.6 Å². The minimum absolute atomic E-state index is 0. The van der Waals surface area contributed by atoms with Crippen molar-refractivity contribution in [2.75, 3.05) is 20.7 Å². The average Bonchev–Trinajstić information content (AvgIpc) is 2.88. The Kier molecular flexibility index (Phi) is 3.62. The third kappa shape index (κ3) is 1.78. The fourth-order valence-corrected chi connectivity index (χ4v) is 5.67. The first-order valence-corrected chi connectivity index (χ1v) is 8.27. The molecule has 2 bridgehead atoms. The second-order valence-corrected chi connectivity index (χ2v) is 7.28. The molecule has 2 aliphatic heterocycles. The first kappa shape index (κ1) is 15.9. The Balaban J connectivity index is 0.00000135. The summed E-state index contributed by atoms with van der Waals surface area (Å²) in [6.45, 7) is 1.05. The number of carbonyl (C=O) groups excluding carboxylic acids is 1. The van der Waals surface area contributed by atoms with Crippen LogP contribution in [-0.4, -0.2) is 73.1 Å². The Morgan fingerprint density at radius 3 is 3.00 bits per heavy atom. The molecule has 4 aliphatic rings. The molecule has 0 unspecified atom stereocenters. The molecule has 0 aromatic heterocycles. The predicted molar refractivity (Wildman–Crippen MR) is 88.7 cm³/mol. The maximum atomic E-state index is 12.6. The van der Waals surface area contributed by atoms with Crippen molar-refractivity contribution in [2.24, 2.45) is 5.92 Å². The molecular formula is C18H22NNaO3. The summed E-state index contributed by atoms with van der Waals surface area (Å²) in [6, 6.07) is 4.73. The molecule has 4 nitrogen and oxygen atoms in total. The van der Waals surface area contributed by atoms with Crippen LogP contribution in [0.4, 0.5) is 0 Å². The number of rotatable bonds is 1. The minimum atomic E-state index is -0.284. The predicted octanol–water partition coefficient (Wildman–Crippen LogP) is 1.28. The van der Waals surface area contributed by atoms with E-state index in [2.05, 4.69) is 18.0 Å². The number of nitrogens with zero attached hydrogens (tertiary/aromatic N) is 1. The topological polar surface area (TPSA) is 38.8 Å². The van der Waals surface area contributed by atoms with Crippen molar-refractivity contribution >= 4 is 35.3 Å². The number of hydrogen-bond donors (Lipinski definition) is 0. The first-order valence-electron chi connectivity index (χ1n) is 8.27. The molecule has 4 atom stereocenters. The van der Waals surface area contributed by atoms with Gasteiger partial charge in [0.15, 0.2) is 23.4 Å². The van der Waals surface area contributed by atoms with Gasteiger partial charge in [-0.3, -0.25) is 4.79 Å². The van der Waals surface area contributed by atoms with Gasteiger partial charge in [-0.05, 0) is 50.4 Å². The van der Waals surface area contributed by atoms with E-state index in [-0.39, 0.29) is 46.9 Å². The Morgan fingerprint density at radius 1 is 1.39 bits per heavy atom. The van der Waals surface area contributed by atoms with Crippen LogP contribution in [0.15, 0.2) is 12.1 Å². The summed E-state index contributed by atoms with van der Waals surface area (Å²) in [7, 11) is 3.91. The van der Waals surface area contributed by atoms with E-state index in [1.165, 1.54) is 11.1 Å². The molecule has 0 amide bonds. The van der Waals surface area contributed by atoms with E-state index in [9.17, 15) is 4.79 Å². The van der Waals surface area contributed by atoms with Crippen LogP contribution in [0.2, 0.25) is 0 Å². The van der Waals surface area contributed by atoms with Gasteiger partial charge in [0.1, 0.15) is 0 Å². The molecular weight excluding hydrogens is 301 g/mol. The maximum absolute atomic E-state index is 12.6. The van der Waals surface area contributed by atoms with Gasteiger partial charge in [0.2, 0.25) is 0 Å². The zero-order valence-corrected chi connectivity index (χ0v) is 13.1. The van der Waals surface area contributed by atoms with Crippen molar-refractivity contribution in [1.29, 1.82) is 0 Å². The van der Waals surface area contributed by atoms with E-state index in [1.54, 1.807) is 7.11 Å². The van der Waals surface area contributed by atoms with Crippen molar-refractivity contribution in [3.63, 3.8) is 0 Å². The van der Waals surface area contributed by atoms with Gasteiger partial charge in [0, 0.05) is 23.4 Å². The summed E-state index contributed by atoms with van der Waals surface area (Å²) >= 11 is 0. The summed E-state index contributed by atoms with van der Waals surface area (Å²) in [5.74, 6) is 2.46. The number of benzene rings is 1. The first-order chi connectivity index (χ1) is 10.7. The SMILES string of the molecule is COc1ccc2c3c1O[C@H]1C(=O)CC[C@H]4[C@@H](C2)N(C)CC[C@]314.[NaH]. The molecule has 0 radical (unpaired) electrons.